The predicted octanol–water partition coefficient (Wildman–Crippen LogP) is 6.21. The zero-order valence-corrected chi connectivity index (χ0v) is 18.2. The number of hydrogen-bond acceptors (Lipinski definition) is 2. The molecule has 0 aromatic heterocycles. The van der Waals surface area contributed by atoms with Gasteiger partial charge in [0, 0.05) is 0 Å². The van der Waals surface area contributed by atoms with Crippen LogP contribution in [-0.4, -0.2) is 10.2 Å². The van der Waals surface area contributed by atoms with E-state index in [0.717, 1.165) is 11.1 Å². The molecule has 0 aliphatic rings. The number of aryl methyl sites for hydroxylation is 2. The quantitative estimate of drug-likeness (QED) is 0.321. The van der Waals surface area contributed by atoms with Crippen molar-refractivity contribution in [1.82, 2.24) is 0 Å². The minimum atomic E-state index is 0. The first-order valence-corrected chi connectivity index (χ1v) is 8.44. The smallest absolute Gasteiger partial charge is 0.508 e. The molecule has 0 bridgehead atoms. The summed E-state index contributed by atoms with van der Waals surface area (Å²) in [5, 5.41) is 17.8. The predicted molar refractivity (Wildman–Crippen MR) is 110 cm³/mol. The molecule has 0 saturated carbocycles. The second kappa shape index (κ2) is 15.8. The van der Waals surface area contributed by atoms with Crippen molar-refractivity contribution >= 4 is 0 Å². The molecule has 4 rings (SSSR count). The fourth-order valence-electron chi connectivity index (χ4n) is 1.77. The molecule has 138 valence electrons. The van der Waals surface area contributed by atoms with Gasteiger partial charge in [-0.3, -0.25) is 0 Å². The van der Waals surface area contributed by atoms with E-state index in [-0.39, 0.29) is 26.2 Å². The number of rotatable bonds is 0. The molecule has 3 heteroatoms. The summed E-state index contributed by atoms with van der Waals surface area (Å²) in [4.78, 5) is 0. The molecule has 0 unspecified atom stereocenters. The van der Waals surface area contributed by atoms with Crippen molar-refractivity contribution in [3.05, 3.63) is 120 Å². The zero-order chi connectivity index (χ0) is 19.0. The molecule has 0 fully saturated rings. The third-order valence-corrected chi connectivity index (χ3v) is 3.34. The van der Waals surface area contributed by atoms with E-state index in [4.69, 9.17) is 10.2 Å². The molecular formula is C24H26O2Zr. The third-order valence-electron chi connectivity index (χ3n) is 3.34. The average Bonchev–Trinajstić information content (AvgIpc) is 3.39. The van der Waals surface area contributed by atoms with E-state index >= 15 is 0 Å². The van der Waals surface area contributed by atoms with Gasteiger partial charge in [0.15, 0.2) is 0 Å². The Hall–Kier alpha value is -2.38. The van der Waals surface area contributed by atoms with Crippen LogP contribution in [0, 0.1) is 13.8 Å². The molecule has 0 saturated heterocycles. The number of para-hydroxylation sites is 2. The van der Waals surface area contributed by atoms with Crippen LogP contribution >= 0.6 is 0 Å². The average molecular weight is 438 g/mol. The minimum Gasteiger partial charge on any atom is -0.508 e. The van der Waals surface area contributed by atoms with Crippen LogP contribution in [0.15, 0.2) is 109 Å². The van der Waals surface area contributed by atoms with Gasteiger partial charge in [-0.2, -0.15) is 36.4 Å². The molecule has 4 aromatic rings. The Morgan fingerprint density at radius 2 is 0.815 bits per heavy atom. The van der Waals surface area contributed by atoms with Gasteiger partial charge in [0.2, 0.25) is 0 Å². The summed E-state index contributed by atoms with van der Waals surface area (Å²) in [5.74, 6) is 0.736. The van der Waals surface area contributed by atoms with Crippen LogP contribution in [0.5, 0.6) is 11.5 Å². The third kappa shape index (κ3) is 12.6. The van der Waals surface area contributed by atoms with E-state index in [0.29, 0.717) is 11.5 Å². The van der Waals surface area contributed by atoms with Crippen molar-refractivity contribution in [1.29, 1.82) is 0 Å². The molecule has 0 atom stereocenters. The largest absolute Gasteiger partial charge is 2.00 e. The summed E-state index contributed by atoms with van der Waals surface area (Å²) >= 11 is 0. The first kappa shape index (κ1) is 24.6. The molecule has 0 aliphatic heterocycles. The van der Waals surface area contributed by atoms with Gasteiger partial charge in [0.05, 0.1) is 0 Å². The number of phenolic OH excluding ortho intramolecular Hbond substituents is 2. The topological polar surface area (TPSA) is 40.5 Å². The molecule has 27 heavy (non-hydrogen) atoms. The van der Waals surface area contributed by atoms with Gasteiger partial charge in [0.1, 0.15) is 11.5 Å². The fraction of sp³-hybridized carbons (Fsp3) is 0.0833. The molecule has 2 nitrogen and oxygen atoms in total. The molecule has 0 aliphatic carbocycles. The Labute approximate surface area is 181 Å². The van der Waals surface area contributed by atoms with Gasteiger partial charge >= 0.3 is 26.2 Å². The van der Waals surface area contributed by atoms with Crippen LogP contribution in [0.4, 0.5) is 0 Å². The van der Waals surface area contributed by atoms with Crippen LogP contribution < -0.4 is 0 Å². The summed E-state index contributed by atoms with van der Waals surface area (Å²) in [6.07, 6.45) is 0. The van der Waals surface area contributed by atoms with Gasteiger partial charge in [-0.25, -0.2) is 24.3 Å². The van der Waals surface area contributed by atoms with E-state index < -0.39 is 0 Å². The summed E-state index contributed by atoms with van der Waals surface area (Å²) in [7, 11) is 0. The van der Waals surface area contributed by atoms with E-state index in [1.165, 1.54) is 0 Å². The molecule has 0 amide bonds. The maximum atomic E-state index is 8.92. The summed E-state index contributed by atoms with van der Waals surface area (Å²) in [6.45, 7) is 3.74. The Morgan fingerprint density at radius 3 is 0.963 bits per heavy atom. The maximum Gasteiger partial charge on any atom is 2.00 e. The van der Waals surface area contributed by atoms with Crippen LogP contribution in [0.1, 0.15) is 11.1 Å². The van der Waals surface area contributed by atoms with Crippen molar-refractivity contribution in [2.75, 3.05) is 0 Å². The molecular weight excluding hydrogens is 411 g/mol. The van der Waals surface area contributed by atoms with E-state index in [2.05, 4.69) is 0 Å². The van der Waals surface area contributed by atoms with Gasteiger partial charge in [-0.05, 0) is 37.1 Å². The Balaban J connectivity index is 0.000000337. The Kier molecular flexibility index (Phi) is 14.5. The fourth-order valence-corrected chi connectivity index (χ4v) is 1.77. The Bertz CT molecular complexity index is 645. The first-order chi connectivity index (χ1) is 12.6. The van der Waals surface area contributed by atoms with E-state index in [1.807, 2.05) is 111 Å². The SMILES string of the molecule is Cc1ccccc1O.Cc1ccccc1O.[Zr+2].c1cc[cH-]c1.c1cc[cH-]c1. The van der Waals surface area contributed by atoms with Crippen molar-refractivity contribution < 1.29 is 36.4 Å². The minimum absolute atomic E-state index is 0. The number of aromatic hydroxyl groups is 2. The van der Waals surface area contributed by atoms with Crippen LogP contribution in [0.25, 0.3) is 0 Å². The number of benzene rings is 2. The van der Waals surface area contributed by atoms with Crippen molar-refractivity contribution in [3.8, 4) is 11.5 Å². The van der Waals surface area contributed by atoms with Crippen molar-refractivity contribution in [3.63, 3.8) is 0 Å². The van der Waals surface area contributed by atoms with Gasteiger partial charge < -0.3 is 10.2 Å². The van der Waals surface area contributed by atoms with E-state index in [9.17, 15) is 0 Å². The molecule has 0 radical (unpaired) electrons. The molecule has 4 aromatic carbocycles. The first-order valence-electron chi connectivity index (χ1n) is 8.44. The summed E-state index contributed by atoms with van der Waals surface area (Å²) in [6, 6.07) is 34.5. The molecule has 0 heterocycles. The molecule has 2 N–H and O–H groups in total. The van der Waals surface area contributed by atoms with Gasteiger partial charge in [0.25, 0.3) is 0 Å². The van der Waals surface area contributed by atoms with Gasteiger partial charge in [-0.1, -0.05) is 36.4 Å². The number of hydrogen-bond donors (Lipinski definition) is 2. The maximum absolute atomic E-state index is 8.92. The van der Waals surface area contributed by atoms with Gasteiger partial charge in [-0.15, -0.1) is 0 Å². The normalized spacial score (nSPS) is 8.37. The van der Waals surface area contributed by atoms with Crippen LogP contribution in [0.3, 0.4) is 0 Å². The number of phenols is 2. The second-order valence-electron chi connectivity index (χ2n) is 5.50. The van der Waals surface area contributed by atoms with Crippen LogP contribution in [-0.2, 0) is 26.2 Å². The Morgan fingerprint density at radius 1 is 0.519 bits per heavy atom. The van der Waals surface area contributed by atoms with Crippen molar-refractivity contribution in [2.45, 2.75) is 13.8 Å². The van der Waals surface area contributed by atoms with E-state index in [1.54, 1.807) is 12.1 Å². The monoisotopic (exact) mass is 436 g/mol. The summed E-state index contributed by atoms with van der Waals surface area (Å²) in [5.41, 5.74) is 1.85. The second-order valence-corrected chi connectivity index (χ2v) is 5.50. The standard InChI is InChI=1S/2C7H8O.2C5H5.Zr/c2*1-6-4-2-3-5-7(6)8;2*1-2-4-5-3-1;/h2*2-5,8H,1H3;2*1-5H;/q;;2*-1;+2. The van der Waals surface area contributed by atoms with Crippen LogP contribution in [0.2, 0.25) is 0 Å². The van der Waals surface area contributed by atoms with Crippen molar-refractivity contribution in [2.24, 2.45) is 0 Å². The summed E-state index contributed by atoms with van der Waals surface area (Å²) < 4.78 is 0. The molecule has 0 spiro atoms. The zero-order valence-electron chi connectivity index (χ0n) is 15.8.